The summed E-state index contributed by atoms with van der Waals surface area (Å²) in [7, 11) is 0. The summed E-state index contributed by atoms with van der Waals surface area (Å²) in [4.78, 5) is 41.3. The van der Waals surface area contributed by atoms with Crippen LogP contribution in [0.1, 0.15) is 36.6 Å². The van der Waals surface area contributed by atoms with Gasteiger partial charge < -0.3 is 4.84 Å². The van der Waals surface area contributed by atoms with E-state index in [0.29, 0.717) is 5.06 Å². The Morgan fingerprint density at radius 1 is 1.13 bits per heavy atom. The van der Waals surface area contributed by atoms with Gasteiger partial charge in [0.15, 0.2) is 0 Å². The molecule has 1 aliphatic rings. The predicted molar refractivity (Wildman–Crippen MR) is 78.5 cm³/mol. The lowest BCUT2D eigenvalue weighted by molar-refractivity contribution is -0.0584. The van der Waals surface area contributed by atoms with Gasteiger partial charge >= 0.3 is 5.97 Å². The van der Waals surface area contributed by atoms with Gasteiger partial charge in [-0.2, -0.15) is 0 Å². The summed E-state index contributed by atoms with van der Waals surface area (Å²) in [6, 6.07) is 8.26. The minimum absolute atomic E-state index is 0.137. The second-order valence-electron chi connectivity index (χ2n) is 4.91. The van der Waals surface area contributed by atoms with Crippen molar-refractivity contribution < 1.29 is 23.6 Å². The number of carbonyl (C=O) groups is 3. The molecule has 2 aromatic carbocycles. The molecule has 0 bridgehead atoms. The minimum Gasteiger partial charge on any atom is -0.324 e. The summed E-state index contributed by atoms with van der Waals surface area (Å²) in [6.45, 7) is 1.45. The van der Waals surface area contributed by atoms with Crippen molar-refractivity contribution in [3.63, 3.8) is 0 Å². The number of imide groups is 1. The first-order valence-corrected chi connectivity index (χ1v) is 6.93. The summed E-state index contributed by atoms with van der Waals surface area (Å²) in [6.07, 6.45) is 0. The van der Waals surface area contributed by atoms with Crippen molar-refractivity contribution in [2.45, 2.75) is 6.92 Å². The Morgan fingerprint density at radius 2 is 1.70 bits per heavy atom. The van der Waals surface area contributed by atoms with Crippen LogP contribution in [0.3, 0.4) is 0 Å². The molecule has 0 saturated heterocycles. The molecule has 5 nitrogen and oxygen atoms in total. The van der Waals surface area contributed by atoms with Crippen LogP contribution in [0.5, 0.6) is 0 Å². The fourth-order valence-electron chi connectivity index (χ4n) is 2.20. The third-order valence-electron chi connectivity index (χ3n) is 3.40. The Labute approximate surface area is 135 Å². The van der Waals surface area contributed by atoms with Crippen LogP contribution in [-0.4, -0.2) is 22.8 Å². The summed E-state index contributed by atoms with van der Waals surface area (Å²) in [5.74, 6) is -3.08. The van der Waals surface area contributed by atoms with Gasteiger partial charge in [-0.15, -0.1) is 0 Å². The van der Waals surface area contributed by atoms with Crippen LogP contribution in [0.25, 0.3) is 0 Å². The molecule has 23 heavy (non-hydrogen) atoms. The van der Waals surface area contributed by atoms with Gasteiger partial charge in [-0.05, 0) is 36.8 Å². The van der Waals surface area contributed by atoms with Crippen LogP contribution in [0, 0.1) is 12.7 Å². The van der Waals surface area contributed by atoms with Crippen LogP contribution in [0.15, 0.2) is 36.4 Å². The van der Waals surface area contributed by atoms with E-state index in [-0.39, 0.29) is 27.3 Å². The van der Waals surface area contributed by atoms with E-state index in [1.54, 1.807) is 12.1 Å². The molecule has 2 amide bonds. The maximum atomic E-state index is 13.4. The smallest absolute Gasteiger partial charge is 0.324 e. The molecule has 0 radical (unpaired) electrons. The Balaban J connectivity index is 1.89. The van der Waals surface area contributed by atoms with Gasteiger partial charge in [0.25, 0.3) is 11.8 Å². The van der Waals surface area contributed by atoms with Crippen LogP contribution >= 0.6 is 11.6 Å². The van der Waals surface area contributed by atoms with E-state index < -0.39 is 23.6 Å². The zero-order valence-corrected chi connectivity index (χ0v) is 12.6. The highest BCUT2D eigenvalue weighted by molar-refractivity contribution is 6.33. The van der Waals surface area contributed by atoms with E-state index in [0.717, 1.165) is 6.07 Å². The molecule has 116 valence electrons. The van der Waals surface area contributed by atoms with Crippen molar-refractivity contribution in [3.05, 3.63) is 69.5 Å². The van der Waals surface area contributed by atoms with Gasteiger partial charge in [0.2, 0.25) is 0 Å². The average Bonchev–Trinajstić information content (AvgIpc) is 2.76. The zero-order chi connectivity index (χ0) is 16.7. The molecule has 0 fully saturated rings. The topological polar surface area (TPSA) is 63.7 Å². The van der Waals surface area contributed by atoms with Crippen molar-refractivity contribution in [1.29, 1.82) is 0 Å². The monoisotopic (exact) mass is 333 g/mol. The molecule has 0 N–H and O–H groups in total. The van der Waals surface area contributed by atoms with Crippen LogP contribution in [0.4, 0.5) is 4.39 Å². The Morgan fingerprint density at radius 3 is 2.26 bits per heavy atom. The van der Waals surface area contributed by atoms with Crippen molar-refractivity contribution in [3.8, 4) is 0 Å². The van der Waals surface area contributed by atoms with Crippen LogP contribution < -0.4 is 0 Å². The second-order valence-corrected chi connectivity index (χ2v) is 5.32. The molecule has 3 rings (SSSR count). The maximum Gasteiger partial charge on any atom is 0.365 e. The summed E-state index contributed by atoms with van der Waals surface area (Å²) in [5.41, 5.74) is 0.337. The number of aryl methyl sites for hydroxylation is 1. The molecule has 0 aromatic heterocycles. The third-order valence-corrected chi connectivity index (χ3v) is 3.71. The first kappa shape index (κ1) is 15.2. The Hall–Kier alpha value is -2.73. The van der Waals surface area contributed by atoms with Crippen LogP contribution in [-0.2, 0) is 4.84 Å². The van der Waals surface area contributed by atoms with Crippen molar-refractivity contribution in [2.24, 2.45) is 0 Å². The number of carbonyl (C=O) groups excluding carboxylic acids is 3. The highest BCUT2D eigenvalue weighted by Crippen LogP contribution is 2.25. The standard InChI is InChI=1S/C16H9ClFNO4/c1-8-6-11(12(17)7-13(8)18)16(22)23-19-14(20)9-4-2-3-5-10(9)15(19)21/h2-7H,1H3. The maximum absolute atomic E-state index is 13.4. The number of hydrogen-bond donors (Lipinski definition) is 0. The van der Waals surface area contributed by atoms with Gasteiger partial charge in [0, 0.05) is 0 Å². The van der Waals surface area contributed by atoms with Gasteiger partial charge in [-0.25, -0.2) is 9.18 Å². The number of hydrogen-bond acceptors (Lipinski definition) is 4. The van der Waals surface area contributed by atoms with E-state index in [2.05, 4.69) is 0 Å². The van der Waals surface area contributed by atoms with Crippen molar-refractivity contribution >= 4 is 29.4 Å². The highest BCUT2D eigenvalue weighted by atomic mass is 35.5. The fourth-order valence-corrected chi connectivity index (χ4v) is 2.42. The molecule has 2 aromatic rings. The van der Waals surface area contributed by atoms with Gasteiger partial charge in [0.1, 0.15) is 5.82 Å². The summed E-state index contributed by atoms with van der Waals surface area (Å²) in [5, 5.41) is 0.205. The predicted octanol–water partition coefficient (Wildman–Crippen LogP) is 3.16. The van der Waals surface area contributed by atoms with Crippen LogP contribution in [0.2, 0.25) is 5.02 Å². The lowest BCUT2D eigenvalue weighted by atomic mass is 10.1. The molecular weight excluding hydrogens is 325 g/mol. The molecular formula is C16H9ClFNO4. The van der Waals surface area contributed by atoms with Gasteiger partial charge in [-0.3, -0.25) is 9.59 Å². The number of benzene rings is 2. The SMILES string of the molecule is Cc1cc(C(=O)ON2C(=O)c3ccccc3C2=O)c(Cl)cc1F. The van der Waals surface area contributed by atoms with E-state index in [1.807, 2.05) is 0 Å². The van der Waals surface area contributed by atoms with E-state index in [9.17, 15) is 18.8 Å². The Kier molecular flexibility index (Phi) is 3.61. The molecule has 7 heteroatoms. The van der Waals surface area contributed by atoms with Crippen molar-refractivity contribution in [2.75, 3.05) is 0 Å². The second kappa shape index (κ2) is 5.48. The number of rotatable bonds is 2. The molecule has 1 aliphatic heterocycles. The molecule has 0 aliphatic carbocycles. The fraction of sp³-hybridized carbons (Fsp3) is 0.0625. The van der Waals surface area contributed by atoms with E-state index >= 15 is 0 Å². The lowest BCUT2D eigenvalue weighted by Crippen LogP contribution is -2.32. The quantitative estimate of drug-likeness (QED) is 0.792. The van der Waals surface area contributed by atoms with E-state index in [4.69, 9.17) is 16.4 Å². The lowest BCUT2D eigenvalue weighted by Gasteiger charge is -2.13. The highest BCUT2D eigenvalue weighted by Gasteiger charge is 2.39. The number of hydroxylamine groups is 2. The number of halogens is 2. The zero-order valence-electron chi connectivity index (χ0n) is 11.8. The van der Waals surface area contributed by atoms with E-state index in [1.165, 1.54) is 25.1 Å². The normalized spacial score (nSPS) is 13.3. The Bertz CT molecular complexity index is 830. The molecule has 1 heterocycles. The van der Waals surface area contributed by atoms with Gasteiger partial charge in [0.05, 0.1) is 21.7 Å². The van der Waals surface area contributed by atoms with Crippen molar-refractivity contribution in [1.82, 2.24) is 5.06 Å². The first-order chi connectivity index (χ1) is 10.9. The first-order valence-electron chi connectivity index (χ1n) is 6.56. The number of amides is 2. The third kappa shape index (κ3) is 2.47. The molecule has 0 atom stereocenters. The molecule has 0 spiro atoms. The molecule has 0 unspecified atom stereocenters. The average molecular weight is 334 g/mol. The number of fused-ring (bicyclic) bond motifs is 1. The summed E-state index contributed by atoms with van der Waals surface area (Å²) < 4.78 is 13.4. The largest absolute Gasteiger partial charge is 0.365 e. The molecule has 0 saturated carbocycles. The number of nitrogens with zero attached hydrogens (tertiary/aromatic N) is 1. The minimum atomic E-state index is -1.02. The summed E-state index contributed by atoms with van der Waals surface area (Å²) >= 11 is 5.81. The van der Waals surface area contributed by atoms with Gasteiger partial charge in [-0.1, -0.05) is 28.8 Å².